The van der Waals surface area contributed by atoms with Crippen LogP contribution >= 0.6 is 23.1 Å². The van der Waals surface area contributed by atoms with Crippen molar-refractivity contribution < 1.29 is 13.2 Å². The van der Waals surface area contributed by atoms with Gasteiger partial charge in [0.05, 0.1) is 15.1 Å². The largest absolute Gasteiger partial charge is 0.298 e. The molecular formula is C16H14N2O3S3. The van der Waals surface area contributed by atoms with Crippen LogP contribution in [0.15, 0.2) is 52.3 Å². The molecule has 3 aromatic rings. The Hall–Kier alpha value is -1.90. The van der Waals surface area contributed by atoms with Gasteiger partial charge in [-0.3, -0.25) is 10.1 Å². The van der Waals surface area contributed by atoms with Crippen molar-refractivity contribution in [2.24, 2.45) is 0 Å². The third-order valence-electron chi connectivity index (χ3n) is 3.37. The predicted molar refractivity (Wildman–Crippen MR) is 98.9 cm³/mol. The van der Waals surface area contributed by atoms with Gasteiger partial charge in [-0.05, 0) is 42.7 Å². The highest BCUT2D eigenvalue weighted by Crippen LogP contribution is 2.32. The number of anilines is 1. The van der Waals surface area contributed by atoms with Gasteiger partial charge in [0.2, 0.25) is 0 Å². The lowest BCUT2D eigenvalue weighted by Crippen LogP contribution is -2.11. The van der Waals surface area contributed by atoms with Gasteiger partial charge in [-0.1, -0.05) is 17.4 Å². The van der Waals surface area contributed by atoms with Gasteiger partial charge in [-0.25, -0.2) is 13.4 Å². The summed E-state index contributed by atoms with van der Waals surface area (Å²) in [6.45, 7) is 0. The van der Waals surface area contributed by atoms with Crippen LogP contribution in [0.25, 0.3) is 10.2 Å². The van der Waals surface area contributed by atoms with E-state index in [-0.39, 0.29) is 10.8 Å². The van der Waals surface area contributed by atoms with E-state index in [1.807, 2.05) is 24.5 Å². The zero-order valence-electron chi connectivity index (χ0n) is 12.9. The molecule has 0 aliphatic heterocycles. The second kappa shape index (κ2) is 6.54. The van der Waals surface area contributed by atoms with Crippen molar-refractivity contribution in [3.63, 3.8) is 0 Å². The van der Waals surface area contributed by atoms with E-state index in [0.717, 1.165) is 21.4 Å². The first-order valence-electron chi connectivity index (χ1n) is 6.93. The summed E-state index contributed by atoms with van der Waals surface area (Å²) in [7, 11) is -3.27. The number of rotatable bonds is 4. The minimum absolute atomic E-state index is 0.184. The monoisotopic (exact) mass is 378 g/mol. The maximum absolute atomic E-state index is 12.3. The molecule has 24 heavy (non-hydrogen) atoms. The number of aromatic nitrogens is 1. The number of hydrogen-bond acceptors (Lipinski definition) is 6. The summed E-state index contributed by atoms with van der Waals surface area (Å²) >= 11 is 3.01. The van der Waals surface area contributed by atoms with Crippen molar-refractivity contribution in [2.45, 2.75) is 9.79 Å². The first kappa shape index (κ1) is 16.9. The first-order chi connectivity index (χ1) is 11.4. The fraction of sp³-hybridized carbons (Fsp3) is 0.125. The summed E-state index contributed by atoms with van der Waals surface area (Å²) in [5, 5.41) is 3.28. The van der Waals surface area contributed by atoms with Gasteiger partial charge in [-0.2, -0.15) is 0 Å². The Morgan fingerprint density at radius 3 is 2.50 bits per heavy atom. The van der Waals surface area contributed by atoms with Crippen molar-refractivity contribution in [3.8, 4) is 0 Å². The van der Waals surface area contributed by atoms with Crippen LogP contribution in [0, 0.1) is 0 Å². The number of thioether (sulfide) groups is 1. The Morgan fingerprint density at radius 1 is 1.17 bits per heavy atom. The molecule has 0 spiro atoms. The van der Waals surface area contributed by atoms with Crippen LogP contribution in [-0.4, -0.2) is 31.8 Å². The molecule has 0 unspecified atom stereocenters. The Bertz CT molecular complexity index is 1010. The maximum atomic E-state index is 12.3. The van der Waals surface area contributed by atoms with Gasteiger partial charge in [0.25, 0.3) is 5.91 Å². The molecule has 0 saturated heterocycles. The van der Waals surface area contributed by atoms with Gasteiger partial charge < -0.3 is 0 Å². The van der Waals surface area contributed by atoms with Crippen molar-refractivity contribution in [3.05, 3.63) is 48.0 Å². The van der Waals surface area contributed by atoms with E-state index in [9.17, 15) is 13.2 Å². The third-order valence-corrected chi connectivity index (χ3v) is 6.20. The number of fused-ring (bicyclic) bond motifs is 1. The van der Waals surface area contributed by atoms with E-state index in [1.54, 1.807) is 11.8 Å². The molecule has 2 aromatic carbocycles. The average molecular weight is 379 g/mol. The number of para-hydroxylation sites is 1. The van der Waals surface area contributed by atoms with E-state index in [1.165, 1.54) is 35.6 Å². The maximum Gasteiger partial charge on any atom is 0.257 e. The zero-order valence-corrected chi connectivity index (χ0v) is 15.4. The average Bonchev–Trinajstić information content (AvgIpc) is 2.96. The Balaban J connectivity index is 1.84. The lowest BCUT2D eigenvalue weighted by atomic mass is 10.2. The van der Waals surface area contributed by atoms with E-state index in [4.69, 9.17) is 0 Å². The number of carbonyl (C=O) groups excluding carboxylic acids is 1. The molecule has 0 radical (unpaired) electrons. The van der Waals surface area contributed by atoms with Crippen molar-refractivity contribution in [1.82, 2.24) is 4.98 Å². The van der Waals surface area contributed by atoms with E-state index in [2.05, 4.69) is 10.3 Å². The normalized spacial score (nSPS) is 11.6. The molecule has 0 fully saturated rings. The number of hydrogen-bond donors (Lipinski definition) is 1. The van der Waals surface area contributed by atoms with Crippen molar-refractivity contribution >= 4 is 54.2 Å². The van der Waals surface area contributed by atoms with Crippen LogP contribution < -0.4 is 5.32 Å². The van der Waals surface area contributed by atoms with E-state index >= 15 is 0 Å². The van der Waals surface area contributed by atoms with Gasteiger partial charge in [0, 0.05) is 16.7 Å². The topological polar surface area (TPSA) is 76.1 Å². The first-order valence-corrected chi connectivity index (χ1v) is 10.9. The molecule has 1 heterocycles. The molecule has 0 saturated carbocycles. The number of amides is 1. The Morgan fingerprint density at radius 2 is 1.88 bits per heavy atom. The van der Waals surface area contributed by atoms with Crippen LogP contribution in [0.4, 0.5) is 5.13 Å². The lowest BCUT2D eigenvalue weighted by Gasteiger charge is -2.03. The number of sulfone groups is 1. The fourth-order valence-corrected chi connectivity index (χ4v) is 4.31. The molecule has 0 aliphatic rings. The second-order valence-corrected chi connectivity index (χ2v) is 8.97. The molecule has 0 atom stereocenters. The smallest absolute Gasteiger partial charge is 0.257 e. The molecule has 0 bridgehead atoms. The van der Waals surface area contributed by atoms with Crippen LogP contribution in [-0.2, 0) is 9.84 Å². The summed E-state index contributed by atoms with van der Waals surface area (Å²) in [4.78, 5) is 18.0. The van der Waals surface area contributed by atoms with E-state index in [0.29, 0.717) is 10.7 Å². The Labute approximate surface area is 148 Å². The van der Waals surface area contributed by atoms with Gasteiger partial charge in [0.1, 0.15) is 0 Å². The lowest BCUT2D eigenvalue weighted by molar-refractivity contribution is 0.102. The van der Waals surface area contributed by atoms with Crippen LogP contribution in [0.5, 0.6) is 0 Å². The summed E-state index contributed by atoms with van der Waals surface area (Å²) in [5.74, 6) is -0.320. The SMILES string of the molecule is CSc1cccc2sc(NC(=O)c3ccc(S(C)(=O)=O)cc3)nc12. The van der Waals surface area contributed by atoms with Crippen molar-refractivity contribution in [2.75, 3.05) is 17.8 Å². The quantitative estimate of drug-likeness (QED) is 0.701. The minimum Gasteiger partial charge on any atom is -0.298 e. The van der Waals surface area contributed by atoms with Gasteiger partial charge >= 0.3 is 0 Å². The van der Waals surface area contributed by atoms with E-state index < -0.39 is 9.84 Å². The summed E-state index contributed by atoms with van der Waals surface area (Å²) in [5.41, 5.74) is 1.25. The van der Waals surface area contributed by atoms with Crippen LogP contribution in [0.1, 0.15) is 10.4 Å². The molecule has 1 aromatic heterocycles. The molecule has 5 nitrogen and oxygen atoms in total. The molecule has 124 valence electrons. The number of nitrogens with one attached hydrogen (secondary N) is 1. The number of nitrogens with zero attached hydrogens (tertiary/aromatic N) is 1. The van der Waals surface area contributed by atoms with Crippen LogP contribution in [0.3, 0.4) is 0 Å². The number of benzene rings is 2. The zero-order chi connectivity index (χ0) is 17.3. The minimum atomic E-state index is -3.27. The predicted octanol–water partition coefficient (Wildman–Crippen LogP) is 3.67. The van der Waals surface area contributed by atoms with Crippen LogP contribution in [0.2, 0.25) is 0 Å². The summed E-state index contributed by atoms with van der Waals surface area (Å²) in [6, 6.07) is 11.7. The number of thiazole rings is 1. The standard InChI is InChI=1S/C16H14N2O3S3/c1-22-12-4-3-5-13-14(12)17-16(23-13)18-15(19)10-6-8-11(9-7-10)24(2,20)21/h3-9H,1-2H3,(H,17,18,19). The molecule has 1 amide bonds. The molecular weight excluding hydrogens is 364 g/mol. The second-order valence-electron chi connectivity index (χ2n) is 5.08. The molecule has 8 heteroatoms. The highest BCUT2D eigenvalue weighted by molar-refractivity contribution is 7.98. The van der Waals surface area contributed by atoms with Gasteiger partial charge in [0.15, 0.2) is 15.0 Å². The highest BCUT2D eigenvalue weighted by Gasteiger charge is 2.13. The van der Waals surface area contributed by atoms with Gasteiger partial charge in [-0.15, -0.1) is 11.8 Å². The molecule has 0 aliphatic carbocycles. The number of carbonyl (C=O) groups is 1. The third kappa shape index (κ3) is 3.45. The Kier molecular flexibility index (Phi) is 4.62. The summed E-state index contributed by atoms with van der Waals surface area (Å²) in [6.07, 6.45) is 3.11. The highest BCUT2D eigenvalue weighted by atomic mass is 32.2. The molecule has 3 rings (SSSR count). The fourth-order valence-electron chi connectivity index (χ4n) is 2.16. The van der Waals surface area contributed by atoms with Crippen molar-refractivity contribution in [1.29, 1.82) is 0 Å². The summed E-state index contributed by atoms with van der Waals surface area (Å²) < 4.78 is 23.9. The molecule has 1 N–H and O–H groups in total.